The van der Waals surface area contributed by atoms with Crippen LogP contribution in [0.1, 0.15) is 32.1 Å². The van der Waals surface area contributed by atoms with Gasteiger partial charge in [-0.25, -0.2) is 0 Å². The molecule has 80 valence electrons. The third-order valence-electron chi connectivity index (χ3n) is 3.01. The minimum absolute atomic E-state index is 0.483. The third kappa shape index (κ3) is 2.82. The van der Waals surface area contributed by atoms with Crippen molar-refractivity contribution in [2.75, 3.05) is 0 Å². The van der Waals surface area contributed by atoms with Crippen LogP contribution in [0.5, 0.6) is 0 Å². The van der Waals surface area contributed by atoms with Crippen molar-refractivity contribution >= 4 is 11.9 Å². The number of hydrogen-bond acceptors (Lipinski definition) is 1. The SMILES string of the molecule is [O-]/[N+](=C/C1CCCCC1)c1ccccc1. The zero-order valence-corrected chi connectivity index (χ0v) is 8.93. The Hall–Kier alpha value is -1.31. The van der Waals surface area contributed by atoms with E-state index in [0.29, 0.717) is 5.92 Å². The number of rotatable bonds is 2. The molecule has 1 aromatic carbocycles. The Labute approximate surface area is 90.8 Å². The Morgan fingerprint density at radius 3 is 2.40 bits per heavy atom. The van der Waals surface area contributed by atoms with Gasteiger partial charge in [-0.05, 0) is 12.8 Å². The minimum Gasteiger partial charge on any atom is -0.619 e. The van der Waals surface area contributed by atoms with Gasteiger partial charge in [-0.1, -0.05) is 37.5 Å². The van der Waals surface area contributed by atoms with Gasteiger partial charge in [-0.15, -0.1) is 0 Å². The van der Waals surface area contributed by atoms with Crippen molar-refractivity contribution in [1.29, 1.82) is 0 Å². The summed E-state index contributed by atoms with van der Waals surface area (Å²) in [6.07, 6.45) is 8.05. The van der Waals surface area contributed by atoms with Gasteiger partial charge in [0, 0.05) is 18.1 Å². The van der Waals surface area contributed by atoms with Crippen molar-refractivity contribution in [2.45, 2.75) is 32.1 Å². The molecule has 0 aromatic heterocycles. The Kier molecular flexibility index (Phi) is 3.38. The monoisotopic (exact) mass is 203 g/mol. The molecule has 0 radical (unpaired) electrons. The highest BCUT2D eigenvalue weighted by atomic mass is 16.5. The molecule has 1 fully saturated rings. The van der Waals surface area contributed by atoms with Crippen LogP contribution in [0.15, 0.2) is 30.3 Å². The van der Waals surface area contributed by atoms with Crippen LogP contribution >= 0.6 is 0 Å². The molecule has 0 unspecified atom stereocenters. The molecule has 0 aliphatic heterocycles. The summed E-state index contributed by atoms with van der Waals surface area (Å²) >= 11 is 0. The van der Waals surface area contributed by atoms with Crippen LogP contribution in [0.3, 0.4) is 0 Å². The second kappa shape index (κ2) is 4.96. The lowest BCUT2D eigenvalue weighted by molar-refractivity contribution is -0.358. The molecular weight excluding hydrogens is 186 g/mol. The molecular formula is C13H17NO. The summed E-state index contributed by atoms with van der Waals surface area (Å²) in [6, 6.07) is 9.43. The smallest absolute Gasteiger partial charge is 0.216 e. The minimum atomic E-state index is 0.483. The first-order valence-electron chi connectivity index (χ1n) is 5.72. The van der Waals surface area contributed by atoms with Crippen molar-refractivity contribution in [1.82, 2.24) is 0 Å². The summed E-state index contributed by atoms with van der Waals surface area (Å²) in [5, 5.41) is 11.8. The Bertz CT molecular complexity index is 326. The Balaban J connectivity index is 2.06. The molecule has 2 heteroatoms. The fourth-order valence-corrected chi connectivity index (χ4v) is 2.14. The lowest BCUT2D eigenvalue weighted by Gasteiger charge is -2.16. The number of nitrogens with zero attached hydrogens (tertiary/aromatic N) is 1. The Morgan fingerprint density at radius 2 is 1.73 bits per heavy atom. The molecule has 15 heavy (non-hydrogen) atoms. The number of para-hydroxylation sites is 1. The van der Waals surface area contributed by atoms with Crippen molar-refractivity contribution in [3.8, 4) is 0 Å². The van der Waals surface area contributed by atoms with Gasteiger partial charge in [-0.2, -0.15) is 4.74 Å². The van der Waals surface area contributed by atoms with Crippen LogP contribution in [-0.2, 0) is 0 Å². The fraction of sp³-hybridized carbons (Fsp3) is 0.462. The maximum Gasteiger partial charge on any atom is 0.216 e. The Morgan fingerprint density at radius 1 is 1.07 bits per heavy atom. The van der Waals surface area contributed by atoms with E-state index in [-0.39, 0.29) is 0 Å². The zero-order chi connectivity index (χ0) is 10.5. The molecule has 0 N–H and O–H groups in total. The molecule has 0 heterocycles. The molecule has 0 amide bonds. The largest absolute Gasteiger partial charge is 0.619 e. The van der Waals surface area contributed by atoms with Crippen LogP contribution in [-0.4, -0.2) is 11.0 Å². The normalized spacial score (nSPS) is 19.1. The van der Waals surface area contributed by atoms with Crippen LogP contribution in [0.4, 0.5) is 5.69 Å². The van der Waals surface area contributed by atoms with E-state index in [4.69, 9.17) is 0 Å². The van der Waals surface area contributed by atoms with E-state index in [9.17, 15) is 5.21 Å². The van der Waals surface area contributed by atoms with Gasteiger partial charge in [0.05, 0.1) is 0 Å². The van der Waals surface area contributed by atoms with E-state index in [1.165, 1.54) is 32.1 Å². The highest BCUT2D eigenvalue weighted by molar-refractivity contribution is 5.57. The van der Waals surface area contributed by atoms with E-state index in [2.05, 4.69) is 0 Å². The van der Waals surface area contributed by atoms with Gasteiger partial charge in [0.2, 0.25) is 5.69 Å². The van der Waals surface area contributed by atoms with Crippen molar-refractivity contribution in [3.63, 3.8) is 0 Å². The molecule has 0 saturated heterocycles. The second-order valence-corrected chi connectivity index (χ2v) is 4.21. The standard InChI is InChI=1S/C13H17NO/c15-14(13-9-5-2-6-10-13)11-12-7-3-1-4-8-12/h2,5-6,9-12H,1,3-4,7-8H2/b14-11+. The molecule has 2 nitrogen and oxygen atoms in total. The molecule has 0 bridgehead atoms. The summed E-state index contributed by atoms with van der Waals surface area (Å²) in [4.78, 5) is 0. The molecule has 1 aliphatic carbocycles. The first kappa shape index (κ1) is 10.2. The van der Waals surface area contributed by atoms with Gasteiger partial charge in [0.25, 0.3) is 0 Å². The lowest BCUT2D eigenvalue weighted by Crippen LogP contribution is -2.12. The quantitative estimate of drug-likeness (QED) is 0.313. The highest BCUT2D eigenvalue weighted by Gasteiger charge is 2.14. The van der Waals surface area contributed by atoms with E-state index < -0.39 is 0 Å². The highest BCUT2D eigenvalue weighted by Crippen LogP contribution is 2.22. The van der Waals surface area contributed by atoms with Crippen LogP contribution in [0, 0.1) is 11.1 Å². The predicted molar refractivity (Wildman–Crippen MR) is 62.4 cm³/mol. The first-order valence-corrected chi connectivity index (χ1v) is 5.72. The lowest BCUT2D eigenvalue weighted by atomic mass is 9.90. The van der Waals surface area contributed by atoms with E-state index in [0.717, 1.165) is 10.4 Å². The molecule has 0 atom stereocenters. The van der Waals surface area contributed by atoms with Crippen LogP contribution in [0.2, 0.25) is 0 Å². The zero-order valence-electron chi connectivity index (χ0n) is 8.93. The van der Waals surface area contributed by atoms with Gasteiger partial charge in [-0.3, -0.25) is 0 Å². The van der Waals surface area contributed by atoms with Gasteiger partial charge in [0.1, 0.15) is 0 Å². The molecule has 0 spiro atoms. The van der Waals surface area contributed by atoms with Gasteiger partial charge >= 0.3 is 0 Å². The maximum atomic E-state index is 11.8. The number of hydrogen-bond donors (Lipinski definition) is 0. The topological polar surface area (TPSA) is 26.1 Å². The van der Waals surface area contributed by atoms with Crippen LogP contribution < -0.4 is 0 Å². The van der Waals surface area contributed by atoms with Crippen LogP contribution in [0.25, 0.3) is 0 Å². The van der Waals surface area contributed by atoms with Crippen molar-refractivity contribution in [2.24, 2.45) is 5.92 Å². The van der Waals surface area contributed by atoms with Crippen molar-refractivity contribution < 1.29 is 4.74 Å². The van der Waals surface area contributed by atoms with E-state index in [1.807, 2.05) is 36.5 Å². The average Bonchev–Trinajstić information content (AvgIpc) is 2.31. The molecule has 1 aromatic rings. The maximum absolute atomic E-state index is 11.8. The predicted octanol–water partition coefficient (Wildman–Crippen LogP) is 3.48. The molecule has 2 rings (SSSR count). The summed E-state index contributed by atoms with van der Waals surface area (Å²) < 4.78 is 1.02. The number of benzene rings is 1. The summed E-state index contributed by atoms with van der Waals surface area (Å²) in [7, 11) is 0. The summed E-state index contributed by atoms with van der Waals surface area (Å²) in [6.45, 7) is 0. The third-order valence-corrected chi connectivity index (χ3v) is 3.01. The van der Waals surface area contributed by atoms with Gasteiger partial charge < -0.3 is 5.21 Å². The first-order chi connectivity index (χ1) is 7.36. The van der Waals surface area contributed by atoms with Gasteiger partial charge in [0.15, 0.2) is 6.21 Å². The van der Waals surface area contributed by atoms with E-state index >= 15 is 0 Å². The molecule has 1 aliphatic rings. The average molecular weight is 203 g/mol. The fourth-order valence-electron chi connectivity index (χ4n) is 2.14. The molecule has 1 saturated carbocycles. The summed E-state index contributed by atoms with van der Waals surface area (Å²) in [5.74, 6) is 0.483. The van der Waals surface area contributed by atoms with Crippen molar-refractivity contribution in [3.05, 3.63) is 35.5 Å². The van der Waals surface area contributed by atoms with E-state index in [1.54, 1.807) is 0 Å². The second-order valence-electron chi connectivity index (χ2n) is 4.21. The summed E-state index contributed by atoms with van der Waals surface area (Å²) in [5.41, 5.74) is 0.739.